The van der Waals surface area contributed by atoms with E-state index in [0.29, 0.717) is 19.6 Å². The Labute approximate surface area is 182 Å². The van der Waals surface area contributed by atoms with Crippen LogP contribution in [0.3, 0.4) is 0 Å². The van der Waals surface area contributed by atoms with E-state index in [1.165, 1.54) is 0 Å². The summed E-state index contributed by atoms with van der Waals surface area (Å²) < 4.78 is 9.21. The molecule has 160 valence electrons. The second-order valence-corrected chi connectivity index (χ2v) is 7.62. The van der Waals surface area contributed by atoms with Crippen molar-refractivity contribution < 1.29 is 4.74 Å². The highest BCUT2D eigenvalue weighted by molar-refractivity contribution is 6.30. The summed E-state index contributed by atoms with van der Waals surface area (Å²) in [5.41, 5.74) is 2.19. The molecule has 0 spiro atoms. The molecule has 2 aromatic heterocycles. The van der Waals surface area contributed by atoms with E-state index >= 15 is 0 Å². The van der Waals surface area contributed by atoms with Gasteiger partial charge in [-0.25, -0.2) is 4.99 Å². The number of nitrogens with zero attached hydrogens (tertiary/aromatic N) is 6. The third-order valence-electron chi connectivity index (χ3n) is 4.99. The molecule has 2 heterocycles. The molecule has 0 saturated heterocycles. The highest BCUT2D eigenvalue weighted by atomic mass is 35.5. The Hall–Kier alpha value is -3.00. The van der Waals surface area contributed by atoms with Crippen molar-refractivity contribution in [2.45, 2.75) is 26.6 Å². The number of hydrogen-bond donors (Lipinski definition) is 1. The Morgan fingerprint density at radius 3 is 2.53 bits per heavy atom. The van der Waals surface area contributed by atoms with Gasteiger partial charge in [-0.05, 0) is 30.7 Å². The Bertz CT molecular complexity index is 1010. The Balaban J connectivity index is 1.76. The van der Waals surface area contributed by atoms with E-state index in [1.807, 2.05) is 73.7 Å². The van der Waals surface area contributed by atoms with Crippen LogP contribution in [-0.2, 0) is 33.7 Å². The lowest BCUT2D eigenvalue weighted by atomic mass is 10.2. The van der Waals surface area contributed by atoms with Crippen molar-refractivity contribution in [1.82, 2.24) is 29.5 Å². The maximum Gasteiger partial charge on any atom is 0.194 e. The molecule has 0 aliphatic heterocycles. The number of rotatable bonds is 7. The van der Waals surface area contributed by atoms with Crippen LogP contribution < -0.4 is 10.1 Å². The fourth-order valence-electron chi connectivity index (χ4n) is 3.01. The van der Waals surface area contributed by atoms with E-state index in [9.17, 15) is 0 Å². The summed E-state index contributed by atoms with van der Waals surface area (Å²) >= 11 is 6.14. The Morgan fingerprint density at radius 2 is 1.97 bits per heavy atom. The summed E-state index contributed by atoms with van der Waals surface area (Å²) in [5.74, 6) is 3.32. The predicted octanol–water partition coefficient (Wildman–Crippen LogP) is 2.90. The quantitative estimate of drug-likeness (QED) is 0.462. The summed E-state index contributed by atoms with van der Waals surface area (Å²) in [6.45, 7) is 3.66. The zero-order valence-corrected chi connectivity index (χ0v) is 18.8. The zero-order chi connectivity index (χ0) is 21.7. The SMILES string of the molecule is COc1ccc(CN=C(NCc2nnc(C)n2C)N(C)Cc2cc(Cl)cn2C)cc1. The smallest absolute Gasteiger partial charge is 0.194 e. The molecule has 3 rings (SSSR count). The molecule has 1 N–H and O–H groups in total. The highest BCUT2D eigenvalue weighted by Crippen LogP contribution is 2.15. The second-order valence-electron chi connectivity index (χ2n) is 7.18. The molecule has 30 heavy (non-hydrogen) atoms. The molecule has 0 unspecified atom stereocenters. The van der Waals surface area contributed by atoms with Gasteiger partial charge in [0.25, 0.3) is 0 Å². The van der Waals surface area contributed by atoms with Crippen LogP contribution in [0, 0.1) is 6.92 Å². The first kappa shape index (κ1) is 21.7. The van der Waals surface area contributed by atoms with E-state index < -0.39 is 0 Å². The summed E-state index contributed by atoms with van der Waals surface area (Å²) in [5, 5.41) is 12.5. The molecule has 9 heteroatoms. The number of benzene rings is 1. The Morgan fingerprint density at radius 1 is 1.23 bits per heavy atom. The molecule has 0 aliphatic rings. The number of hydrogen-bond acceptors (Lipinski definition) is 4. The minimum Gasteiger partial charge on any atom is -0.497 e. The highest BCUT2D eigenvalue weighted by Gasteiger charge is 2.12. The van der Waals surface area contributed by atoms with Crippen LogP contribution in [0.5, 0.6) is 5.75 Å². The molecule has 0 atom stereocenters. The number of guanidine groups is 1. The monoisotopic (exact) mass is 429 g/mol. The first-order valence-electron chi connectivity index (χ1n) is 9.65. The van der Waals surface area contributed by atoms with Gasteiger partial charge in [-0.2, -0.15) is 0 Å². The number of aromatic nitrogens is 4. The van der Waals surface area contributed by atoms with Crippen molar-refractivity contribution in [3.63, 3.8) is 0 Å². The molecule has 0 amide bonds. The molecule has 0 radical (unpaired) electrons. The van der Waals surface area contributed by atoms with Crippen LogP contribution in [0.15, 0.2) is 41.5 Å². The number of ether oxygens (including phenoxy) is 1. The van der Waals surface area contributed by atoms with Crippen molar-refractivity contribution >= 4 is 17.6 Å². The Kier molecular flexibility index (Phi) is 6.99. The number of aliphatic imine (C=N–C) groups is 1. The van der Waals surface area contributed by atoms with Crippen LogP contribution in [0.4, 0.5) is 0 Å². The lowest BCUT2D eigenvalue weighted by Gasteiger charge is -2.23. The average molecular weight is 430 g/mol. The molecular weight excluding hydrogens is 402 g/mol. The maximum absolute atomic E-state index is 6.14. The van der Waals surface area contributed by atoms with Crippen LogP contribution in [0.2, 0.25) is 5.02 Å². The molecule has 3 aromatic rings. The molecule has 0 saturated carbocycles. The van der Waals surface area contributed by atoms with Gasteiger partial charge in [0, 0.05) is 33.0 Å². The van der Waals surface area contributed by atoms with Crippen molar-refractivity contribution in [1.29, 1.82) is 0 Å². The van der Waals surface area contributed by atoms with Crippen LogP contribution in [0.25, 0.3) is 0 Å². The van der Waals surface area contributed by atoms with Gasteiger partial charge in [0.15, 0.2) is 11.8 Å². The summed E-state index contributed by atoms with van der Waals surface area (Å²) in [4.78, 5) is 6.89. The second kappa shape index (κ2) is 9.67. The van der Waals surface area contributed by atoms with Gasteiger partial charge in [-0.1, -0.05) is 23.7 Å². The van der Waals surface area contributed by atoms with Gasteiger partial charge in [-0.15, -0.1) is 10.2 Å². The number of nitrogens with one attached hydrogen (secondary N) is 1. The number of methoxy groups -OCH3 is 1. The molecule has 1 aromatic carbocycles. The van der Waals surface area contributed by atoms with Crippen LogP contribution in [0.1, 0.15) is 22.9 Å². The van der Waals surface area contributed by atoms with Crippen molar-refractivity contribution in [3.05, 3.63) is 64.5 Å². The van der Waals surface area contributed by atoms with Crippen molar-refractivity contribution in [2.24, 2.45) is 19.1 Å². The summed E-state index contributed by atoms with van der Waals surface area (Å²) in [6, 6.07) is 9.88. The number of halogens is 1. The molecule has 0 aliphatic carbocycles. The van der Waals surface area contributed by atoms with Gasteiger partial charge >= 0.3 is 0 Å². The van der Waals surface area contributed by atoms with Crippen LogP contribution in [-0.4, -0.2) is 44.3 Å². The van der Waals surface area contributed by atoms with E-state index in [2.05, 4.69) is 20.4 Å². The van der Waals surface area contributed by atoms with Gasteiger partial charge in [0.05, 0.1) is 31.8 Å². The normalized spacial score (nSPS) is 11.6. The molecule has 0 fully saturated rings. The van der Waals surface area contributed by atoms with Crippen LogP contribution >= 0.6 is 11.6 Å². The first-order valence-corrected chi connectivity index (χ1v) is 10.0. The molecular formula is C21H28ClN7O. The summed E-state index contributed by atoms with van der Waals surface area (Å²) in [6.07, 6.45) is 1.90. The lowest BCUT2D eigenvalue weighted by Crippen LogP contribution is -2.39. The van der Waals surface area contributed by atoms with Crippen molar-refractivity contribution in [3.8, 4) is 5.75 Å². The lowest BCUT2D eigenvalue weighted by molar-refractivity contribution is 0.414. The largest absolute Gasteiger partial charge is 0.497 e. The minimum absolute atomic E-state index is 0.525. The summed E-state index contributed by atoms with van der Waals surface area (Å²) in [7, 11) is 7.60. The van der Waals surface area contributed by atoms with Crippen molar-refractivity contribution in [2.75, 3.05) is 14.2 Å². The minimum atomic E-state index is 0.525. The topological polar surface area (TPSA) is 72.5 Å². The van der Waals surface area contributed by atoms with E-state index in [1.54, 1.807) is 7.11 Å². The molecule has 0 bridgehead atoms. The average Bonchev–Trinajstić information content (AvgIpc) is 3.22. The standard InChI is InChI=1S/C21H28ClN7O/c1-15-25-26-20(29(15)4)12-24-21(23-11-16-6-8-19(30-5)9-7-16)28(3)14-18-10-17(22)13-27(18)2/h6-10,13H,11-12,14H2,1-5H3,(H,23,24). The third kappa shape index (κ3) is 5.33. The fraction of sp³-hybridized carbons (Fsp3) is 0.381. The first-order chi connectivity index (χ1) is 14.4. The third-order valence-corrected chi connectivity index (χ3v) is 5.20. The number of aryl methyl sites for hydroxylation is 2. The van der Waals surface area contributed by atoms with E-state index in [4.69, 9.17) is 21.3 Å². The van der Waals surface area contributed by atoms with E-state index in [-0.39, 0.29) is 0 Å². The molecule has 8 nitrogen and oxygen atoms in total. The fourth-order valence-corrected chi connectivity index (χ4v) is 3.29. The predicted molar refractivity (Wildman–Crippen MR) is 119 cm³/mol. The van der Waals surface area contributed by atoms with Gasteiger partial charge in [0.2, 0.25) is 0 Å². The van der Waals surface area contributed by atoms with Gasteiger partial charge in [0.1, 0.15) is 11.6 Å². The maximum atomic E-state index is 6.14. The van der Waals surface area contributed by atoms with E-state index in [0.717, 1.165) is 39.6 Å². The zero-order valence-electron chi connectivity index (χ0n) is 18.1. The van der Waals surface area contributed by atoms with Gasteiger partial charge < -0.3 is 24.1 Å². The van der Waals surface area contributed by atoms with Gasteiger partial charge in [-0.3, -0.25) is 0 Å².